The zero-order valence-electron chi connectivity index (χ0n) is 12.5. The van der Waals surface area contributed by atoms with Crippen LogP contribution in [-0.4, -0.2) is 46.8 Å². The minimum atomic E-state index is -0.313. The third-order valence-corrected chi connectivity index (χ3v) is 7.18. The molecule has 116 valence electrons. The molecule has 2 rings (SSSR count). The van der Waals surface area contributed by atoms with Gasteiger partial charge in [0.2, 0.25) is 0 Å². The molecule has 0 aromatic carbocycles. The van der Waals surface area contributed by atoms with Gasteiger partial charge in [0.1, 0.15) is 6.10 Å². The van der Waals surface area contributed by atoms with Gasteiger partial charge < -0.3 is 14.3 Å². The molecular weight excluding hydrogens is 292 g/mol. The van der Waals surface area contributed by atoms with Crippen LogP contribution in [0.3, 0.4) is 0 Å². The van der Waals surface area contributed by atoms with Crippen molar-refractivity contribution in [2.45, 2.75) is 68.3 Å². The van der Waals surface area contributed by atoms with E-state index in [1.165, 1.54) is 0 Å². The lowest BCUT2D eigenvalue weighted by Crippen LogP contribution is -2.48. The zero-order chi connectivity index (χ0) is 14.4. The van der Waals surface area contributed by atoms with Gasteiger partial charge in [-0.15, -0.1) is 23.5 Å². The second-order valence-corrected chi connectivity index (χ2v) is 8.80. The van der Waals surface area contributed by atoms with E-state index in [0.29, 0.717) is 0 Å². The highest BCUT2D eigenvalue weighted by Crippen LogP contribution is 2.47. The summed E-state index contributed by atoms with van der Waals surface area (Å²) in [5.74, 6) is 2.04. The smallest absolute Gasteiger partial charge is 0.151 e. The molecule has 20 heavy (non-hydrogen) atoms. The van der Waals surface area contributed by atoms with Gasteiger partial charge in [-0.3, -0.25) is 0 Å². The molecule has 3 nitrogen and oxygen atoms in total. The van der Waals surface area contributed by atoms with Crippen LogP contribution >= 0.6 is 23.5 Å². The molecule has 5 heteroatoms. The Bertz CT molecular complexity index is 305. The van der Waals surface area contributed by atoms with E-state index in [-0.39, 0.29) is 22.4 Å². The largest absolute Gasteiger partial charge is 0.376 e. The number of carbonyl (C=O) groups is 1. The average molecular weight is 319 g/mol. The predicted molar refractivity (Wildman–Crippen MR) is 86.5 cm³/mol. The molecule has 0 bridgehead atoms. The molecule has 0 aromatic rings. The molecule has 2 saturated heterocycles. The molecule has 2 aliphatic rings. The minimum Gasteiger partial charge on any atom is -0.376 e. The van der Waals surface area contributed by atoms with Crippen molar-refractivity contribution < 1.29 is 14.3 Å². The summed E-state index contributed by atoms with van der Waals surface area (Å²) >= 11 is 3.77. The van der Waals surface area contributed by atoms with E-state index < -0.39 is 0 Å². The van der Waals surface area contributed by atoms with Gasteiger partial charge in [0.15, 0.2) is 6.29 Å². The molecule has 0 N–H and O–H groups in total. The minimum absolute atomic E-state index is 0.104. The van der Waals surface area contributed by atoms with Crippen molar-refractivity contribution in [1.29, 1.82) is 0 Å². The van der Waals surface area contributed by atoms with Gasteiger partial charge in [-0.2, -0.15) is 0 Å². The second-order valence-electron chi connectivity index (χ2n) is 5.35. The molecular formula is C15H26O3S2. The van der Waals surface area contributed by atoms with E-state index in [1.54, 1.807) is 0 Å². The van der Waals surface area contributed by atoms with Crippen LogP contribution in [0.25, 0.3) is 0 Å². The highest BCUT2D eigenvalue weighted by Gasteiger charge is 2.44. The molecule has 3 atom stereocenters. The fourth-order valence-corrected chi connectivity index (χ4v) is 6.34. The fraction of sp³-hybridized carbons (Fsp3) is 0.933. The first-order chi connectivity index (χ1) is 9.75. The number of carbonyl (C=O) groups excluding carboxylic acids is 1. The maximum absolute atomic E-state index is 11.7. The molecule has 0 amide bonds. The first-order valence-corrected chi connectivity index (χ1v) is 9.73. The van der Waals surface area contributed by atoms with Crippen molar-refractivity contribution in [1.82, 2.24) is 0 Å². The Kier molecular flexibility index (Phi) is 6.72. The van der Waals surface area contributed by atoms with Gasteiger partial charge in [0.05, 0.1) is 16.3 Å². The van der Waals surface area contributed by atoms with Gasteiger partial charge in [-0.05, 0) is 43.6 Å². The predicted octanol–water partition coefficient (Wildman–Crippen LogP) is 3.50. The lowest BCUT2D eigenvalue weighted by atomic mass is 9.96. The van der Waals surface area contributed by atoms with Crippen molar-refractivity contribution >= 4 is 29.8 Å². The number of fused-ring (bicyclic) bond motifs is 1. The highest BCUT2D eigenvalue weighted by molar-refractivity contribution is 8.18. The molecule has 2 fully saturated rings. The van der Waals surface area contributed by atoms with Crippen molar-refractivity contribution in [3.63, 3.8) is 0 Å². The molecule has 0 saturated carbocycles. The third-order valence-electron chi connectivity index (χ3n) is 4.05. The first kappa shape index (κ1) is 16.7. The van der Waals surface area contributed by atoms with E-state index in [0.717, 1.165) is 56.5 Å². The number of ether oxygens (including phenoxy) is 2. The van der Waals surface area contributed by atoms with Crippen LogP contribution in [0, 0.1) is 0 Å². The zero-order valence-corrected chi connectivity index (χ0v) is 14.1. The Balaban J connectivity index is 2.16. The topological polar surface area (TPSA) is 35.5 Å². The third kappa shape index (κ3) is 3.73. The van der Waals surface area contributed by atoms with Gasteiger partial charge in [0, 0.05) is 6.61 Å². The normalized spacial score (nSPS) is 33.8. The Hall–Kier alpha value is 0.290. The first-order valence-electron chi connectivity index (χ1n) is 7.76. The summed E-state index contributed by atoms with van der Waals surface area (Å²) in [6.07, 6.45) is 6.30. The summed E-state index contributed by atoms with van der Waals surface area (Å²) in [6.45, 7) is 5.17. The summed E-state index contributed by atoms with van der Waals surface area (Å²) in [4.78, 5) is 11.7. The monoisotopic (exact) mass is 318 g/mol. The second kappa shape index (κ2) is 8.06. The van der Waals surface area contributed by atoms with E-state index >= 15 is 0 Å². The van der Waals surface area contributed by atoms with Crippen LogP contribution in [-0.2, 0) is 14.3 Å². The molecule has 0 unspecified atom stereocenters. The Labute approximate surface area is 130 Å². The van der Waals surface area contributed by atoms with Crippen LogP contribution in [0.15, 0.2) is 0 Å². The highest BCUT2D eigenvalue weighted by atomic mass is 32.2. The number of thioether (sulfide) groups is 2. The van der Waals surface area contributed by atoms with Crippen LogP contribution in [0.4, 0.5) is 0 Å². The molecule has 0 aliphatic carbocycles. The summed E-state index contributed by atoms with van der Waals surface area (Å²) in [5, 5.41) is 0. The summed E-state index contributed by atoms with van der Waals surface area (Å²) in [6, 6.07) is 0. The molecule has 0 aromatic heterocycles. The van der Waals surface area contributed by atoms with E-state index in [4.69, 9.17) is 9.47 Å². The van der Waals surface area contributed by atoms with E-state index in [2.05, 4.69) is 13.8 Å². The quantitative estimate of drug-likeness (QED) is 0.572. The molecule has 0 radical (unpaired) electrons. The summed E-state index contributed by atoms with van der Waals surface area (Å²) < 4.78 is 12.0. The van der Waals surface area contributed by atoms with Gasteiger partial charge in [-0.25, -0.2) is 0 Å². The van der Waals surface area contributed by atoms with Crippen LogP contribution < -0.4 is 0 Å². The lowest BCUT2D eigenvalue weighted by molar-refractivity contribution is -0.150. The van der Waals surface area contributed by atoms with E-state index in [9.17, 15) is 4.79 Å². The SMILES string of the molecule is CCSC1(SCC)CCC[C@H]2OCCC[C@@H]2O[C@@H]1C=O. The summed E-state index contributed by atoms with van der Waals surface area (Å²) in [5.41, 5.74) is 0. The Morgan fingerprint density at radius 3 is 2.50 bits per heavy atom. The van der Waals surface area contributed by atoms with Crippen LogP contribution in [0.5, 0.6) is 0 Å². The van der Waals surface area contributed by atoms with Gasteiger partial charge in [-0.1, -0.05) is 13.8 Å². The lowest BCUT2D eigenvalue weighted by Gasteiger charge is -2.43. The number of hydrogen-bond donors (Lipinski definition) is 0. The van der Waals surface area contributed by atoms with Crippen LogP contribution in [0.2, 0.25) is 0 Å². The molecule has 0 spiro atoms. The Morgan fingerprint density at radius 1 is 1.15 bits per heavy atom. The van der Waals surface area contributed by atoms with Crippen molar-refractivity contribution in [3.05, 3.63) is 0 Å². The fourth-order valence-electron chi connectivity index (χ4n) is 3.20. The van der Waals surface area contributed by atoms with Crippen molar-refractivity contribution in [2.24, 2.45) is 0 Å². The van der Waals surface area contributed by atoms with Crippen molar-refractivity contribution in [3.8, 4) is 0 Å². The van der Waals surface area contributed by atoms with Crippen LogP contribution in [0.1, 0.15) is 46.0 Å². The number of rotatable bonds is 5. The number of aldehydes is 1. The molecule has 2 heterocycles. The molecule has 2 aliphatic heterocycles. The number of hydrogen-bond acceptors (Lipinski definition) is 5. The van der Waals surface area contributed by atoms with Gasteiger partial charge >= 0.3 is 0 Å². The summed E-state index contributed by atoms with van der Waals surface area (Å²) in [7, 11) is 0. The average Bonchev–Trinajstić information content (AvgIpc) is 2.44. The van der Waals surface area contributed by atoms with Crippen molar-refractivity contribution in [2.75, 3.05) is 18.1 Å². The van der Waals surface area contributed by atoms with Gasteiger partial charge in [0.25, 0.3) is 0 Å². The standard InChI is InChI=1S/C15H26O3S2/c1-3-19-15(20-4-2)9-5-7-12-13(8-6-10-17-12)18-14(15)11-16/h11-14H,3-10H2,1-2H3/t12-,13+,14-/m1/s1. The van der Waals surface area contributed by atoms with E-state index in [1.807, 2.05) is 23.5 Å². The Morgan fingerprint density at radius 2 is 1.85 bits per heavy atom. The maximum Gasteiger partial charge on any atom is 0.151 e. The maximum atomic E-state index is 11.7.